The molecular formula is C20H25NO3. The summed E-state index contributed by atoms with van der Waals surface area (Å²) >= 11 is 0. The summed E-state index contributed by atoms with van der Waals surface area (Å²) in [6.07, 6.45) is -0.607. The summed E-state index contributed by atoms with van der Waals surface area (Å²) in [6.45, 7) is 8.46. The highest BCUT2D eigenvalue weighted by molar-refractivity contribution is 5.95. The predicted octanol–water partition coefficient (Wildman–Crippen LogP) is 4.61. The van der Waals surface area contributed by atoms with Gasteiger partial charge in [0.1, 0.15) is 11.5 Å². The molecule has 4 nitrogen and oxygen atoms in total. The van der Waals surface area contributed by atoms with Crippen LogP contribution in [0.3, 0.4) is 0 Å². The summed E-state index contributed by atoms with van der Waals surface area (Å²) in [5.74, 6) is 1.59. The van der Waals surface area contributed by atoms with Crippen molar-refractivity contribution in [3.8, 4) is 11.5 Å². The molecule has 0 saturated carbocycles. The van der Waals surface area contributed by atoms with E-state index in [9.17, 15) is 4.79 Å². The van der Waals surface area contributed by atoms with Crippen LogP contribution in [0.5, 0.6) is 11.5 Å². The molecule has 0 spiro atoms. The zero-order valence-corrected chi connectivity index (χ0v) is 14.7. The molecule has 0 radical (unpaired) electrons. The Labute approximate surface area is 143 Å². The van der Waals surface area contributed by atoms with E-state index >= 15 is 0 Å². The lowest BCUT2D eigenvalue weighted by Crippen LogP contribution is -2.30. The van der Waals surface area contributed by atoms with Crippen LogP contribution in [-0.4, -0.2) is 18.6 Å². The van der Waals surface area contributed by atoms with Crippen LogP contribution in [0.2, 0.25) is 0 Å². The maximum Gasteiger partial charge on any atom is 0.265 e. The lowest BCUT2D eigenvalue weighted by molar-refractivity contribution is -0.122. The van der Waals surface area contributed by atoms with E-state index in [2.05, 4.69) is 19.2 Å². The molecule has 0 bridgehead atoms. The van der Waals surface area contributed by atoms with Gasteiger partial charge in [-0.3, -0.25) is 4.79 Å². The molecule has 0 aromatic heterocycles. The van der Waals surface area contributed by atoms with Gasteiger partial charge in [0.05, 0.1) is 12.3 Å². The SMILES string of the molecule is CCOc1ccccc1NC(=O)[C@H](C)Oc1ccc(C(C)C)cc1. The van der Waals surface area contributed by atoms with Gasteiger partial charge in [0, 0.05) is 0 Å². The first-order chi connectivity index (χ1) is 11.5. The molecule has 0 heterocycles. The number of carbonyl (C=O) groups excluding carboxylic acids is 1. The maximum atomic E-state index is 12.4. The van der Waals surface area contributed by atoms with Crippen molar-refractivity contribution in [2.45, 2.75) is 39.7 Å². The monoisotopic (exact) mass is 327 g/mol. The van der Waals surface area contributed by atoms with Gasteiger partial charge in [-0.25, -0.2) is 0 Å². The van der Waals surface area contributed by atoms with Gasteiger partial charge in [-0.1, -0.05) is 38.1 Å². The first kappa shape index (κ1) is 17.9. The zero-order chi connectivity index (χ0) is 17.5. The van der Waals surface area contributed by atoms with Crippen molar-refractivity contribution in [2.24, 2.45) is 0 Å². The predicted molar refractivity (Wildman–Crippen MR) is 96.9 cm³/mol. The number of amides is 1. The van der Waals surface area contributed by atoms with Gasteiger partial charge in [0.2, 0.25) is 0 Å². The summed E-state index contributed by atoms with van der Waals surface area (Å²) in [4.78, 5) is 12.4. The van der Waals surface area contributed by atoms with Gasteiger partial charge in [0.15, 0.2) is 6.10 Å². The Morgan fingerprint density at radius 3 is 2.33 bits per heavy atom. The normalized spacial score (nSPS) is 11.9. The second kappa shape index (κ2) is 8.39. The summed E-state index contributed by atoms with van der Waals surface area (Å²) in [5.41, 5.74) is 1.89. The maximum absolute atomic E-state index is 12.4. The fourth-order valence-corrected chi connectivity index (χ4v) is 2.27. The van der Waals surface area contributed by atoms with Crippen LogP contribution in [0.15, 0.2) is 48.5 Å². The van der Waals surface area contributed by atoms with Crippen molar-refractivity contribution in [2.75, 3.05) is 11.9 Å². The fourth-order valence-electron chi connectivity index (χ4n) is 2.27. The molecule has 0 aliphatic heterocycles. The first-order valence-corrected chi connectivity index (χ1v) is 8.30. The van der Waals surface area contributed by atoms with E-state index in [1.165, 1.54) is 5.56 Å². The first-order valence-electron chi connectivity index (χ1n) is 8.30. The minimum absolute atomic E-state index is 0.213. The molecule has 1 amide bonds. The second-order valence-electron chi connectivity index (χ2n) is 5.90. The third-order valence-electron chi connectivity index (χ3n) is 3.67. The topological polar surface area (TPSA) is 47.6 Å². The van der Waals surface area contributed by atoms with Gasteiger partial charge in [-0.2, -0.15) is 0 Å². The fraction of sp³-hybridized carbons (Fsp3) is 0.350. The van der Waals surface area contributed by atoms with Crippen molar-refractivity contribution in [3.05, 3.63) is 54.1 Å². The van der Waals surface area contributed by atoms with Crippen LogP contribution in [-0.2, 0) is 4.79 Å². The molecule has 0 unspecified atom stereocenters. The van der Waals surface area contributed by atoms with Crippen LogP contribution in [0.1, 0.15) is 39.2 Å². The average Bonchev–Trinajstić information content (AvgIpc) is 2.57. The Morgan fingerprint density at radius 1 is 1.04 bits per heavy atom. The molecule has 2 aromatic carbocycles. The zero-order valence-electron chi connectivity index (χ0n) is 14.7. The molecule has 0 aliphatic rings. The lowest BCUT2D eigenvalue weighted by atomic mass is 10.0. The van der Waals surface area contributed by atoms with Crippen LogP contribution < -0.4 is 14.8 Å². The lowest BCUT2D eigenvalue weighted by Gasteiger charge is -2.17. The number of anilines is 1. The second-order valence-corrected chi connectivity index (χ2v) is 5.90. The van der Waals surface area contributed by atoms with E-state index in [-0.39, 0.29) is 5.91 Å². The van der Waals surface area contributed by atoms with E-state index in [4.69, 9.17) is 9.47 Å². The Hall–Kier alpha value is -2.49. The summed E-state index contributed by atoms with van der Waals surface area (Å²) in [7, 11) is 0. The number of ether oxygens (including phenoxy) is 2. The number of nitrogens with one attached hydrogen (secondary N) is 1. The average molecular weight is 327 g/mol. The molecule has 128 valence electrons. The van der Waals surface area contributed by atoms with E-state index in [0.29, 0.717) is 29.7 Å². The number of benzene rings is 2. The number of rotatable bonds is 7. The molecule has 4 heteroatoms. The van der Waals surface area contributed by atoms with E-state index in [1.54, 1.807) is 6.92 Å². The molecule has 0 aliphatic carbocycles. The molecule has 24 heavy (non-hydrogen) atoms. The van der Waals surface area contributed by atoms with Gasteiger partial charge in [-0.05, 0) is 49.6 Å². The Kier molecular flexibility index (Phi) is 6.24. The molecular weight excluding hydrogens is 302 g/mol. The summed E-state index contributed by atoms with van der Waals surface area (Å²) in [6, 6.07) is 15.2. The van der Waals surface area contributed by atoms with Gasteiger partial charge in [-0.15, -0.1) is 0 Å². The Balaban J connectivity index is 1.99. The van der Waals surface area contributed by atoms with Crippen LogP contribution in [0.25, 0.3) is 0 Å². The molecule has 1 atom stereocenters. The highest BCUT2D eigenvalue weighted by Gasteiger charge is 2.16. The van der Waals surface area contributed by atoms with Gasteiger partial charge < -0.3 is 14.8 Å². The van der Waals surface area contributed by atoms with Crippen LogP contribution >= 0.6 is 0 Å². The number of hydrogen-bond acceptors (Lipinski definition) is 3. The van der Waals surface area contributed by atoms with Gasteiger partial charge >= 0.3 is 0 Å². The highest BCUT2D eigenvalue weighted by Crippen LogP contribution is 2.24. The van der Waals surface area contributed by atoms with Crippen molar-refractivity contribution < 1.29 is 14.3 Å². The van der Waals surface area contributed by atoms with E-state index < -0.39 is 6.10 Å². The molecule has 2 aromatic rings. The summed E-state index contributed by atoms with van der Waals surface area (Å²) < 4.78 is 11.2. The highest BCUT2D eigenvalue weighted by atomic mass is 16.5. The van der Waals surface area contributed by atoms with Crippen molar-refractivity contribution in [1.29, 1.82) is 0 Å². The quantitative estimate of drug-likeness (QED) is 0.807. The number of carbonyl (C=O) groups is 1. The minimum atomic E-state index is -0.607. The van der Waals surface area contributed by atoms with Crippen LogP contribution in [0, 0.1) is 0 Å². The molecule has 0 saturated heterocycles. The number of para-hydroxylation sites is 2. The smallest absolute Gasteiger partial charge is 0.265 e. The largest absolute Gasteiger partial charge is 0.492 e. The number of hydrogen-bond donors (Lipinski definition) is 1. The third kappa shape index (κ3) is 4.75. The third-order valence-corrected chi connectivity index (χ3v) is 3.67. The molecule has 0 fully saturated rings. The van der Waals surface area contributed by atoms with Crippen LogP contribution in [0.4, 0.5) is 5.69 Å². The summed E-state index contributed by atoms with van der Waals surface area (Å²) in [5, 5.41) is 2.86. The van der Waals surface area contributed by atoms with Gasteiger partial charge in [0.25, 0.3) is 5.91 Å². The Morgan fingerprint density at radius 2 is 1.71 bits per heavy atom. The standard InChI is InChI=1S/C20H25NO3/c1-5-23-19-9-7-6-8-18(19)21-20(22)15(4)24-17-12-10-16(11-13-17)14(2)3/h6-15H,5H2,1-4H3,(H,21,22)/t15-/m0/s1. The van der Waals surface area contributed by atoms with Crippen molar-refractivity contribution in [3.63, 3.8) is 0 Å². The molecule has 2 rings (SSSR count). The molecule has 1 N–H and O–H groups in total. The van der Waals surface area contributed by atoms with Crippen molar-refractivity contribution in [1.82, 2.24) is 0 Å². The van der Waals surface area contributed by atoms with Crippen molar-refractivity contribution >= 4 is 11.6 Å². The Bertz CT molecular complexity index is 665. The van der Waals surface area contributed by atoms with E-state index in [0.717, 1.165) is 0 Å². The minimum Gasteiger partial charge on any atom is -0.492 e. The van der Waals surface area contributed by atoms with E-state index in [1.807, 2.05) is 55.5 Å².